The largest absolute Gasteiger partial charge is 0.140 e. The van der Waals surface area contributed by atoms with E-state index in [1.807, 2.05) is 22.7 Å². The van der Waals surface area contributed by atoms with E-state index in [0.29, 0.717) is 0 Å². The molecule has 164 valence electrons. The molecule has 1 aliphatic rings. The molecule has 0 radical (unpaired) electrons. The number of hydrogen-bond donors (Lipinski definition) is 0. The highest BCUT2D eigenvalue weighted by atomic mass is 32.1. The van der Waals surface area contributed by atoms with Gasteiger partial charge in [-0.3, -0.25) is 0 Å². The van der Waals surface area contributed by atoms with Crippen molar-refractivity contribution in [3.8, 4) is 22.3 Å². The normalized spacial score (nSPS) is 12.0. The van der Waals surface area contributed by atoms with E-state index in [1.165, 1.54) is 63.3 Å². The molecule has 2 heteroatoms. The lowest BCUT2D eigenvalue weighted by atomic mass is 9.79. The molecule has 0 N–H and O–H groups in total. The predicted molar refractivity (Wildman–Crippen MR) is 149 cm³/mol. The van der Waals surface area contributed by atoms with Gasteiger partial charge in [0.1, 0.15) is 0 Å². The maximum Gasteiger partial charge on any atom is 0.0352 e. The van der Waals surface area contributed by atoms with E-state index in [1.54, 1.807) is 0 Å². The van der Waals surface area contributed by atoms with Crippen molar-refractivity contribution in [1.82, 2.24) is 0 Å². The molecule has 6 aromatic rings. The minimum Gasteiger partial charge on any atom is -0.140 e. The van der Waals surface area contributed by atoms with Gasteiger partial charge in [-0.05, 0) is 106 Å². The highest BCUT2D eigenvalue weighted by Crippen LogP contribution is 2.52. The summed E-state index contributed by atoms with van der Waals surface area (Å²) in [6.07, 6.45) is 4.44. The lowest BCUT2D eigenvalue weighted by molar-refractivity contribution is 0.982. The fourth-order valence-electron chi connectivity index (χ4n) is 5.18. The molecule has 0 spiro atoms. The minimum absolute atomic E-state index is 1.11. The Morgan fingerprint density at radius 3 is 1.26 bits per heavy atom. The van der Waals surface area contributed by atoms with Crippen LogP contribution in [0.15, 0.2) is 97.1 Å². The first-order chi connectivity index (χ1) is 16.8. The van der Waals surface area contributed by atoms with Gasteiger partial charge in [-0.1, -0.05) is 60.7 Å². The average Bonchev–Trinajstić information content (AvgIpc) is 3.48. The smallest absolute Gasteiger partial charge is 0.0352 e. The lowest BCUT2D eigenvalue weighted by Gasteiger charge is -2.24. The fraction of sp³-hybridized carbons (Fsp3) is 0.125. The van der Waals surface area contributed by atoms with E-state index in [-0.39, 0.29) is 0 Å². The number of hydrogen-bond acceptors (Lipinski definition) is 2. The second kappa shape index (κ2) is 8.23. The highest BCUT2D eigenvalue weighted by Gasteiger charge is 2.24. The summed E-state index contributed by atoms with van der Waals surface area (Å²) in [4.78, 5) is 2.97. The first-order valence-electron chi connectivity index (χ1n) is 12.0. The van der Waals surface area contributed by atoms with Crippen LogP contribution in [0.4, 0.5) is 0 Å². The molecule has 0 aliphatic heterocycles. The van der Waals surface area contributed by atoms with E-state index in [4.69, 9.17) is 0 Å². The Hall–Kier alpha value is -3.20. The molecule has 4 aromatic carbocycles. The molecule has 0 saturated carbocycles. The van der Waals surface area contributed by atoms with Gasteiger partial charge in [0, 0.05) is 19.2 Å². The first kappa shape index (κ1) is 20.2. The van der Waals surface area contributed by atoms with Crippen LogP contribution in [0, 0.1) is 0 Å². The van der Waals surface area contributed by atoms with E-state index in [2.05, 4.69) is 97.1 Å². The Balaban J connectivity index is 1.14. The van der Waals surface area contributed by atoms with E-state index in [0.717, 1.165) is 25.7 Å². The van der Waals surface area contributed by atoms with Crippen LogP contribution in [0.2, 0.25) is 0 Å². The SMILES string of the molecule is c1ccc(CCc2cc3cc4c(cc3s2)-c2cc3cc(CCc5ccccc5)sc3cc2-4)cc1. The third-order valence-corrected chi connectivity index (χ3v) is 9.32. The van der Waals surface area contributed by atoms with Crippen LogP contribution in [0.5, 0.6) is 0 Å². The third-order valence-electron chi connectivity index (χ3n) is 7.00. The molecule has 0 amide bonds. The zero-order valence-corrected chi connectivity index (χ0v) is 20.5. The van der Waals surface area contributed by atoms with Crippen LogP contribution in [0.3, 0.4) is 0 Å². The lowest BCUT2D eigenvalue weighted by Crippen LogP contribution is -1.97. The zero-order valence-electron chi connectivity index (χ0n) is 18.9. The van der Waals surface area contributed by atoms with Crippen molar-refractivity contribution in [1.29, 1.82) is 0 Å². The molecular weight excluding hydrogens is 448 g/mol. The maximum atomic E-state index is 2.43. The molecule has 34 heavy (non-hydrogen) atoms. The van der Waals surface area contributed by atoms with Gasteiger partial charge in [0.2, 0.25) is 0 Å². The topological polar surface area (TPSA) is 0 Å². The van der Waals surface area contributed by atoms with Gasteiger partial charge in [0.15, 0.2) is 0 Å². The first-order valence-corrected chi connectivity index (χ1v) is 13.6. The summed E-state index contributed by atoms with van der Waals surface area (Å²) in [6, 6.07) is 36.2. The molecule has 2 aromatic heterocycles. The van der Waals surface area contributed by atoms with Gasteiger partial charge in [-0.25, -0.2) is 0 Å². The van der Waals surface area contributed by atoms with Gasteiger partial charge in [-0.15, -0.1) is 22.7 Å². The molecule has 0 fully saturated rings. The van der Waals surface area contributed by atoms with Crippen molar-refractivity contribution in [3.05, 3.63) is 118 Å². The van der Waals surface area contributed by atoms with Crippen molar-refractivity contribution in [2.45, 2.75) is 25.7 Å². The van der Waals surface area contributed by atoms with Gasteiger partial charge < -0.3 is 0 Å². The quantitative estimate of drug-likeness (QED) is 0.226. The van der Waals surface area contributed by atoms with Crippen molar-refractivity contribution < 1.29 is 0 Å². The summed E-state index contributed by atoms with van der Waals surface area (Å²) in [5.41, 5.74) is 8.55. The second-order valence-electron chi connectivity index (χ2n) is 9.27. The summed E-state index contributed by atoms with van der Waals surface area (Å²) in [5, 5.41) is 2.79. The summed E-state index contributed by atoms with van der Waals surface area (Å²) in [6.45, 7) is 0. The zero-order chi connectivity index (χ0) is 22.5. The van der Waals surface area contributed by atoms with Gasteiger partial charge in [0.05, 0.1) is 0 Å². The number of benzene rings is 4. The van der Waals surface area contributed by atoms with Crippen molar-refractivity contribution in [2.24, 2.45) is 0 Å². The van der Waals surface area contributed by atoms with E-state index >= 15 is 0 Å². The Morgan fingerprint density at radius 2 is 0.824 bits per heavy atom. The summed E-state index contributed by atoms with van der Waals surface area (Å²) in [7, 11) is 0. The predicted octanol–water partition coefficient (Wildman–Crippen LogP) is 9.33. The minimum atomic E-state index is 1.11. The summed E-state index contributed by atoms with van der Waals surface area (Å²) < 4.78 is 2.84. The standard InChI is InChI=1S/C32H24S2/c1-3-7-21(8-4-1)11-13-25-15-23-17-27-29(19-31(23)33-25)28-18-24-16-26(34-32(24)20-30(27)28)14-12-22-9-5-2-6-10-22/h1-10,15-20H,11-14H2. The molecule has 0 bridgehead atoms. The molecule has 0 saturated heterocycles. The number of fused-ring (bicyclic) bond motifs is 6. The monoisotopic (exact) mass is 472 g/mol. The van der Waals surface area contributed by atoms with Crippen molar-refractivity contribution in [2.75, 3.05) is 0 Å². The number of rotatable bonds is 6. The van der Waals surface area contributed by atoms with Crippen LogP contribution in [0.1, 0.15) is 20.9 Å². The van der Waals surface area contributed by atoms with Crippen molar-refractivity contribution >= 4 is 42.8 Å². The maximum absolute atomic E-state index is 2.43. The molecule has 0 unspecified atom stereocenters. The number of thiophene rings is 2. The molecule has 0 atom stereocenters. The van der Waals surface area contributed by atoms with E-state index < -0.39 is 0 Å². The van der Waals surface area contributed by atoms with Gasteiger partial charge >= 0.3 is 0 Å². The number of aryl methyl sites for hydroxylation is 4. The molecule has 1 aliphatic carbocycles. The Morgan fingerprint density at radius 1 is 0.412 bits per heavy atom. The van der Waals surface area contributed by atoms with Gasteiger partial charge in [-0.2, -0.15) is 0 Å². The van der Waals surface area contributed by atoms with E-state index in [9.17, 15) is 0 Å². The van der Waals surface area contributed by atoms with Crippen LogP contribution >= 0.6 is 22.7 Å². The fourth-order valence-corrected chi connectivity index (χ4v) is 7.35. The molecular formula is C32H24S2. The third kappa shape index (κ3) is 3.58. The molecule has 2 heterocycles. The van der Waals surface area contributed by atoms with Crippen LogP contribution in [-0.2, 0) is 25.7 Å². The second-order valence-corrected chi connectivity index (χ2v) is 11.6. The van der Waals surface area contributed by atoms with Crippen LogP contribution in [-0.4, -0.2) is 0 Å². The summed E-state index contributed by atoms with van der Waals surface area (Å²) in [5.74, 6) is 0. The highest BCUT2D eigenvalue weighted by molar-refractivity contribution is 7.19. The van der Waals surface area contributed by atoms with Gasteiger partial charge in [0.25, 0.3) is 0 Å². The average molecular weight is 473 g/mol. The van der Waals surface area contributed by atoms with Crippen LogP contribution < -0.4 is 0 Å². The summed E-state index contributed by atoms with van der Waals surface area (Å²) >= 11 is 3.92. The van der Waals surface area contributed by atoms with Crippen molar-refractivity contribution in [3.63, 3.8) is 0 Å². The molecule has 0 nitrogen and oxygen atoms in total. The molecule has 7 rings (SSSR count). The Bertz CT molecular complexity index is 1420. The Labute approximate surface area is 208 Å². The Kier molecular flexibility index (Phi) is 4.89. The van der Waals surface area contributed by atoms with Crippen LogP contribution in [0.25, 0.3) is 42.4 Å².